The van der Waals surface area contributed by atoms with Gasteiger partial charge < -0.3 is 14.2 Å². The fraction of sp³-hybridized carbons (Fsp3) is 0.680. The van der Waals surface area contributed by atoms with Gasteiger partial charge in [0.1, 0.15) is 12.4 Å². The number of ether oxygens (including phenoxy) is 3. The van der Waals surface area contributed by atoms with Crippen molar-refractivity contribution in [3.63, 3.8) is 0 Å². The van der Waals surface area contributed by atoms with Crippen molar-refractivity contribution in [3.8, 4) is 5.75 Å². The molecule has 3 nitrogen and oxygen atoms in total. The maximum atomic E-state index is 6.01. The van der Waals surface area contributed by atoms with E-state index in [-0.39, 0.29) is 6.29 Å². The minimum Gasteiger partial charge on any atom is -0.489 e. The lowest BCUT2D eigenvalue weighted by molar-refractivity contribution is -0.202. The van der Waals surface area contributed by atoms with Gasteiger partial charge in [0.2, 0.25) is 0 Å². The normalized spacial score (nSPS) is 28.1. The Morgan fingerprint density at radius 2 is 1.86 bits per heavy atom. The van der Waals surface area contributed by atoms with E-state index in [1.165, 1.54) is 56.9 Å². The highest BCUT2D eigenvalue weighted by Crippen LogP contribution is 2.42. The van der Waals surface area contributed by atoms with Crippen LogP contribution < -0.4 is 4.74 Å². The van der Waals surface area contributed by atoms with Crippen molar-refractivity contribution in [2.75, 3.05) is 19.8 Å². The van der Waals surface area contributed by atoms with E-state index in [1.54, 1.807) is 0 Å². The van der Waals surface area contributed by atoms with Crippen molar-refractivity contribution in [1.29, 1.82) is 0 Å². The Hall–Kier alpha value is -1.32. The Morgan fingerprint density at radius 3 is 2.54 bits per heavy atom. The van der Waals surface area contributed by atoms with Crippen LogP contribution in [0.5, 0.6) is 5.75 Å². The topological polar surface area (TPSA) is 27.7 Å². The zero-order valence-corrected chi connectivity index (χ0v) is 17.8. The molecule has 0 amide bonds. The minimum atomic E-state index is -0.242. The lowest BCUT2D eigenvalue weighted by Gasteiger charge is -2.31. The monoisotopic (exact) mass is 386 g/mol. The first kappa shape index (κ1) is 21.4. The van der Waals surface area contributed by atoms with Crippen molar-refractivity contribution in [1.82, 2.24) is 0 Å². The maximum Gasteiger partial charge on any atom is 0.183 e. The number of benzene rings is 1. The molecule has 1 saturated heterocycles. The van der Waals surface area contributed by atoms with Crippen LogP contribution >= 0.6 is 0 Å². The van der Waals surface area contributed by atoms with Gasteiger partial charge in [-0.05, 0) is 55.2 Å². The summed E-state index contributed by atoms with van der Waals surface area (Å²) in [7, 11) is 0. The molecule has 28 heavy (non-hydrogen) atoms. The summed E-state index contributed by atoms with van der Waals surface area (Å²) >= 11 is 0. The van der Waals surface area contributed by atoms with E-state index in [2.05, 4.69) is 38.6 Å². The Balaban J connectivity index is 1.68. The summed E-state index contributed by atoms with van der Waals surface area (Å²) in [6.45, 7) is 10.3. The molecule has 0 bridgehead atoms. The van der Waals surface area contributed by atoms with E-state index in [0.717, 1.165) is 30.4 Å². The number of hydrogen-bond acceptors (Lipinski definition) is 3. The molecule has 3 rings (SSSR count). The molecule has 1 aromatic carbocycles. The third-order valence-electron chi connectivity index (χ3n) is 6.23. The van der Waals surface area contributed by atoms with Crippen LogP contribution in [0.4, 0.5) is 0 Å². The van der Waals surface area contributed by atoms with Gasteiger partial charge in [0, 0.05) is 11.5 Å². The van der Waals surface area contributed by atoms with Gasteiger partial charge >= 0.3 is 0 Å². The number of hydrogen-bond donors (Lipinski definition) is 0. The Labute approximate surface area is 171 Å². The fourth-order valence-corrected chi connectivity index (χ4v) is 4.55. The summed E-state index contributed by atoms with van der Waals surface area (Å²) in [6, 6.07) is 6.48. The summed E-state index contributed by atoms with van der Waals surface area (Å²) < 4.78 is 17.9. The van der Waals surface area contributed by atoms with E-state index in [9.17, 15) is 0 Å². The summed E-state index contributed by atoms with van der Waals surface area (Å²) in [4.78, 5) is 0. The standard InChI is InChI=1S/C25H38O3/c1-4-6-7-8-20-9-11-21(12-10-20)23-16-22(13-14-24(23)26-15-5-2)25-27-17-19(3)18-28-25/h5,13-14,16,19-21,25H,2,4,6-12,15,17-18H2,1,3H3. The predicted molar refractivity (Wildman–Crippen MR) is 115 cm³/mol. The van der Waals surface area contributed by atoms with Crippen LogP contribution in [-0.4, -0.2) is 19.8 Å². The molecule has 156 valence electrons. The smallest absolute Gasteiger partial charge is 0.183 e. The Bertz CT molecular complexity index is 596. The summed E-state index contributed by atoms with van der Waals surface area (Å²) in [5.41, 5.74) is 2.45. The van der Waals surface area contributed by atoms with Crippen molar-refractivity contribution in [2.24, 2.45) is 11.8 Å². The lowest BCUT2D eigenvalue weighted by atomic mass is 9.76. The van der Waals surface area contributed by atoms with Gasteiger partial charge in [-0.25, -0.2) is 0 Å². The van der Waals surface area contributed by atoms with Crippen LogP contribution in [0.2, 0.25) is 0 Å². The van der Waals surface area contributed by atoms with Crippen LogP contribution in [0.3, 0.4) is 0 Å². The van der Waals surface area contributed by atoms with Crippen LogP contribution in [-0.2, 0) is 9.47 Å². The van der Waals surface area contributed by atoms with Gasteiger partial charge in [-0.2, -0.15) is 0 Å². The van der Waals surface area contributed by atoms with Crippen molar-refractivity contribution < 1.29 is 14.2 Å². The first-order valence-electron chi connectivity index (χ1n) is 11.3. The Morgan fingerprint density at radius 1 is 1.11 bits per heavy atom. The molecule has 0 unspecified atom stereocenters. The van der Waals surface area contributed by atoms with E-state index in [1.807, 2.05) is 6.08 Å². The number of unbranched alkanes of at least 4 members (excludes halogenated alkanes) is 2. The summed E-state index contributed by atoms with van der Waals surface area (Å²) in [6.07, 6.45) is 12.3. The van der Waals surface area contributed by atoms with Crippen LogP contribution in [0.15, 0.2) is 30.9 Å². The quantitative estimate of drug-likeness (QED) is 0.345. The van der Waals surface area contributed by atoms with Crippen LogP contribution in [0.25, 0.3) is 0 Å². The first-order chi connectivity index (χ1) is 13.7. The first-order valence-corrected chi connectivity index (χ1v) is 11.3. The highest BCUT2D eigenvalue weighted by molar-refractivity contribution is 5.40. The highest BCUT2D eigenvalue weighted by Gasteiger charge is 2.27. The largest absolute Gasteiger partial charge is 0.489 e. The average Bonchev–Trinajstić information content (AvgIpc) is 2.73. The minimum absolute atomic E-state index is 0.242. The molecule has 0 spiro atoms. The molecule has 0 radical (unpaired) electrons. The van der Waals surface area contributed by atoms with Crippen LogP contribution in [0.1, 0.15) is 88.5 Å². The van der Waals surface area contributed by atoms with Crippen molar-refractivity contribution in [2.45, 2.75) is 77.4 Å². The highest BCUT2D eigenvalue weighted by atomic mass is 16.7. The van der Waals surface area contributed by atoms with Crippen molar-refractivity contribution in [3.05, 3.63) is 42.0 Å². The lowest BCUT2D eigenvalue weighted by Crippen LogP contribution is -2.25. The second-order valence-electron chi connectivity index (χ2n) is 8.71. The van der Waals surface area contributed by atoms with Gasteiger partial charge in [-0.15, -0.1) is 0 Å². The summed E-state index contributed by atoms with van der Waals surface area (Å²) in [5, 5.41) is 0. The van der Waals surface area contributed by atoms with Gasteiger partial charge in [0.25, 0.3) is 0 Å². The zero-order valence-electron chi connectivity index (χ0n) is 17.8. The van der Waals surface area contributed by atoms with Gasteiger partial charge in [0.05, 0.1) is 13.2 Å². The van der Waals surface area contributed by atoms with Gasteiger partial charge in [-0.1, -0.05) is 58.3 Å². The molecule has 1 aliphatic carbocycles. The fourth-order valence-electron chi connectivity index (χ4n) is 4.55. The second kappa shape index (κ2) is 11.0. The molecule has 0 N–H and O–H groups in total. The van der Waals surface area contributed by atoms with E-state index in [4.69, 9.17) is 14.2 Å². The second-order valence-corrected chi connectivity index (χ2v) is 8.71. The third-order valence-corrected chi connectivity index (χ3v) is 6.23. The SMILES string of the molecule is C=CCOc1ccc(C2OCC(C)CO2)cc1C1CCC(CCCCC)CC1. The Kier molecular flexibility index (Phi) is 8.42. The molecule has 0 atom stereocenters. The third kappa shape index (κ3) is 5.84. The van der Waals surface area contributed by atoms with Gasteiger partial charge in [-0.3, -0.25) is 0 Å². The molecule has 1 aliphatic heterocycles. The summed E-state index contributed by atoms with van der Waals surface area (Å²) in [5.74, 6) is 2.95. The molecule has 1 heterocycles. The predicted octanol–water partition coefficient (Wildman–Crippen LogP) is 6.79. The van der Waals surface area contributed by atoms with E-state index in [0.29, 0.717) is 18.4 Å². The van der Waals surface area contributed by atoms with Crippen molar-refractivity contribution >= 4 is 0 Å². The maximum absolute atomic E-state index is 6.01. The van der Waals surface area contributed by atoms with Gasteiger partial charge in [0.15, 0.2) is 6.29 Å². The number of rotatable bonds is 9. The van der Waals surface area contributed by atoms with E-state index >= 15 is 0 Å². The van der Waals surface area contributed by atoms with E-state index < -0.39 is 0 Å². The molecular formula is C25H38O3. The molecule has 2 fully saturated rings. The molecule has 3 heteroatoms. The average molecular weight is 387 g/mol. The zero-order chi connectivity index (χ0) is 19.8. The molecule has 0 aromatic heterocycles. The molecule has 2 aliphatic rings. The molecule has 1 aromatic rings. The molecular weight excluding hydrogens is 348 g/mol. The van der Waals surface area contributed by atoms with Crippen LogP contribution in [0, 0.1) is 11.8 Å². The molecule has 1 saturated carbocycles.